The Balaban J connectivity index is 2.16. The second-order valence-electron chi connectivity index (χ2n) is 5.03. The maximum Gasteiger partial charge on any atom is 0.157 e. The van der Waals surface area contributed by atoms with Crippen molar-refractivity contribution in [1.82, 2.24) is 14.6 Å². The van der Waals surface area contributed by atoms with Crippen LogP contribution in [0.4, 0.5) is 0 Å². The van der Waals surface area contributed by atoms with Gasteiger partial charge in [-0.15, -0.1) is 0 Å². The summed E-state index contributed by atoms with van der Waals surface area (Å²) in [6, 6.07) is 2.10. The van der Waals surface area contributed by atoms with Gasteiger partial charge in [0.15, 0.2) is 5.65 Å². The van der Waals surface area contributed by atoms with E-state index in [1.54, 1.807) is 0 Å². The van der Waals surface area contributed by atoms with Crippen molar-refractivity contribution in [2.24, 2.45) is 0 Å². The zero-order valence-corrected chi connectivity index (χ0v) is 11.7. The molecule has 0 fully saturated rings. The summed E-state index contributed by atoms with van der Waals surface area (Å²) in [6.45, 7) is 4.40. The molecule has 4 heteroatoms. The Hall–Kier alpha value is -1.09. The molecule has 0 aliphatic heterocycles. The number of nitrogens with zero attached hydrogens (tertiary/aromatic N) is 3. The SMILES string of the molecule is CCC(CC)c1cc2nc3c(c(Cl)n2n1)CCC3. The molecule has 0 spiro atoms. The molecule has 2 heterocycles. The van der Waals surface area contributed by atoms with Crippen molar-refractivity contribution in [2.45, 2.75) is 51.9 Å². The van der Waals surface area contributed by atoms with E-state index in [2.05, 4.69) is 25.0 Å². The van der Waals surface area contributed by atoms with Crippen LogP contribution in [-0.4, -0.2) is 14.6 Å². The fourth-order valence-electron chi connectivity index (χ4n) is 2.86. The lowest BCUT2D eigenvalue weighted by atomic mass is 10.00. The molecule has 0 amide bonds. The number of rotatable bonds is 3. The third-order valence-corrected chi connectivity index (χ3v) is 4.37. The van der Waals surface area contributed by atoms with Crippen molar-refractivity contribution in [3.8, 4) is 0 Å². The smallest absolute Gasteiger partial charge is 0.157 e. The van der Waals surface area contributed by atoms with E-state index in [4.69, 9.17) is 16.6 Å². The van der Waals surface area contributed by atoms with Crippen LogP contribution in [0.2, 0.25) is 5.15 Å². The van der Waals surface area contributed by atoms with E-state index in [1.165, 1.54) is 11.3 Å². The fourth-order valence-corrected chi connectivity index (χ4v) is 3.19. The maximum absolute atomic E-state index is 6.45. The van der Waals surface area contributed by atoms with Gasteiger partial charge in [0.2, 0.25) is 0 Å². The lowest BCUT2D eigenvalue weighted by Crippen LogP contribution is -2.00. The van der Waals surface area contributed by atoms with E-state index in [-0.39, 0.29) is 0 Å². The Bertz CT molecular complexity index is 584. The Kier molecular flexibility index (Phi) is 3.02. The Morgan fingerprint density at radius 1 is 1.33 bits per heavy atom. The quantitative estimate of drug-likeness (QED) is 0.789. The summed E-state index contributed by atoms with van der Waals surface area (Å²) in [4.78, 5) is 4.70. The minimum absolute atomic E-state index is 0.512. The van der Waals surface area contributed by atoms with Gasteiger partial charge in [0, 0.05) is 23.2 Å². The highest BCUT2D eigenvalue weighted by molar-refractivity contribution is 6.30. The second-order valence-corrected chi connectivity index (χ2v) is 5.39. The van der Waals surface area contributed by atoms with Crippen molar-refractivity contribution in [1.29, 1.82) is 0 Å². The Morgan fingerprint density at radius 3 is 2.83 bits per heavy atom. The first kappa shape index (κ1) is 12.0. The molecule has 1 aliphatic carbocycles. The normalized spacial score (nSPS) is 14.7. The number of aromatic nitrogens is 3. The van der Waals surface area contributed by atoms with E-state index >= 15 is 0 Å². The summed E-state index contributed by atoms with van der Waals surface area (Å²) in [7, 11) is 0. The molecule has 18 heavy (non-hydrogen) atoms. The largest absolute Gasteiger partial charge is 0.233 e. The van der Waals surface area contributed by atoms with Gasteiger partial charge < -0.3 is 0 Å². The molecule has 0 unspecified atom stereocenters. The first-order valence-electron chi connectivity index (χ1n) is 6.81. The van der Waals surface area contributed by atoms with E-state index in [0.717, 1.165) is 48.6 Å². The molecule has 2 aromatic heterocycles. The molecule has 0 aromatic carbocycles. The number of hydrogen-bond donors (Lipinski definition) is 0. The molecular weight excluding hydrogens is 246 g/mol. The topological polar surface area (TPSA) is 30.2 Å². The zero-order chi connectivity index (χ0) is 12.7. The highest BCUT2D eigenvalue weighted by Gasteiger charge is 2.21. The first-order valence-corrected chi connectivity index (χ1v) is 7.19. The van der Waals surface area contributed by atoms with Crippen LogP contribution in [0.15, 0.2) is 6.07 Å². The zero-order valence-electron chi connectivity index (χ0n) is 10.9. The number of hydrogen-bond acceptors (Lipinski definition) is 2. The molecule has 3 rings (SSSR count). The van der Waals surface area contributed by atoms with Crippen LogP contribution in [0.25, 0.3) is 5.65 Å². The molecular formula is C14H18ClN3. The van der Waals surface area contributed by atoms with Gasteiger partial charge >= 0.3 is 0 Å². The van der Waals surface area contributed by atoms with Crippen LogP contribution in [0.1, 0.15) is 56.0 Å². The maximum atomic E-state index is 6.45. The summed E-state index contributed by atoms with van der Waals surface area (Å²) >= 11 is 6.45. The van der Waals surface area contributed by atoms with Crippen molar-refractivity contribution < 1.29 is 0 Å². The van der Waals surface area contributed by atoms with Gasteiger partial charge in [-0.3, -0.25) is 0 Å². The van der Waals surface area contributed by atoms with Crippen LogP contribution in [0.5, 0.6) is 0 Å². The molecule has 1 aliphatic rings. The Labute approximate surface area is 112 Å². The minimum atomic E-state index is 0.512. The predicted molar refractivity (Wildman–Crippen MR) is 73.3 cm³/mol. The summed E-state index contributed by atoms with van der Waals surface area (Å²) in [5.74, 6) is 0.512. The van der Waals surface area contributed by atoms with Crippen molar-refractivity contribution >= 4 is 17.2 Å². The van der Waals surface area contributed by atoms with E-state index in [1.807, 2.05) is 4.52 Å². The summed E-state index contributed by atoms with van der Waals surface area (Å²) in [6.07, 6.45) is 5.47. The second kappa shape index (κ2) is 4.54. The predicted octanol–water partition coefficient (Wildman–Crippen LogP) is 3.78. The van der Waals surface area contributed by atoms with Gasteiger partial charge in [-0.1, -0.05) is 25.4 Å². The summed E-state index contributed by atoms with van der Waals surface area (Å²) in [5.41, 5.74) is 4.40. The third kappa shape index (κ3) is 1.72. The monoisotopic (exact) mass is 263 g/mol. The van der Waals surface area contributed by atoms with Crippen LogP contribution in [-0.2, 0) is 12.8 Å². The molecule has 0 bridgehead atoms. The van der Waals surface area contributed by atoms with Crippen molar-refractivity contribution in [3.63, 3.8) is 0 Å². The van der Waals surface area contributed by atoms with Crippen molar-refractivity contribution in [3.05, 3.63) is 28.2 Å². The number of halogens is 1. The highest BCUT2D eigenvalue weighted by atomic mass is 35.5. The minimum Gasteiger partial charge on any atom is -0.233 e. The standard InChI is InChI=1S/C14H18ClN3/c1-3-9(4-2)12-8-13-16-11-7-5-6-10(11)14(15)18(13)17-12/h8-9H,3-7H2,1-2H3. The van der Waals surface area contributed by atoms with Gasteiger partial charge in [-0.25, -0.2) is 9.50 Å². The average molecular weight is 264 g/mol. The number of fused-ring (bicyclic) bond motifs is 2. The van der Waals surface area contributed by atoms with E-state index in [9.17, 15) is 0 Å². The lowest BCUT2D eigenvalue weighted by molar-refractivity contribution is 0.616. The number of aryl methyl sites for hydroxylation is 1. The molecule has 0 atom stereocenters. The molecule has 3 nitrogen and oxygen atoms in total. The fraction of sp³-hybridized carbons (Fsp3) is 0.571. The van der Waals surface area contributed by atoms with E-state index in [0.29, 0.717) is 5.92 Å². The molecule has 2 aromatic rings. The highest BCUT2D eigenvalue weighted by Crippen LogP contribution is 2.30. The van der Waals surface area contributed by atoms with Crippen molar-refractivity contribution in [2.75, 3.05) is 0 Å². The summed E-state index contributed by atoms with van der Waals surface area (Å²) in [5, 5.41) is 5.42. The van der Waals surface area contributed by atoms with Crippen LogP contribution in [0.3, 0.4) is 0 Å². The van der Waals surface area contributed by atoms with Crippen LogP contribution >= 0.6 is 11.6 Å². The van der Waals surface area contributed by atoms with Crippen LogP contribution in [0, 0.1) is 0 Å². The van der Waals surface area contributed by atoms with Gasteiger partial charge in [-0.05, 0) is 32.1 Å². The molecule has 0 saturated carbocycles. The third-order valence-electron chi connectivity index (χ3n) is 3.99. The van der Waals surface area contributed by atoms with Gasteiger partial charge in [0.1, 0.15) is 5.15 Å². The lowest BCUT2D eigenvalue weighted by Gasteiger charge is -2.07. The van der Waals surface area contributed by atoms with Crippen LogP contribution < -0.4 is 0 Å². The molecule has 0 N–H and O–H groups in total. The van der Waals surface area contributed by atoms with Gasteiger partial charge in [0.05, 0.1) is 5.69 Å². The van der Waals surface area contributed by atoms with E-state index < -0.39 is 0 Å². The Morgan fingerprint density at radius 2 is 2.11 bits per heavy atom. The molecule has 96 valence electrons. The molecule has 0 radical (unpaired) electrons. The average Bonchev–Trinajstić information content (AvgIpc) is 2.98. The first-order chi connectivity index (χ1) is 8.74. The summed E-state index contributed by atoms with van der Waals surface area (Å²) < 4.78 is 1.82. The molecule has 0 saturated heterocycles. The van der Waals surface area contributed by atoms with Gasteiger partial charge in [0.25, 0.3) is 0 Å². The van der Waals surface area contributed by atoms with Gasteiger partial charge in [-0.2, -0.15) is 5.10 Å².